The van der Waals surface area contributed by atoms with Gasteiger partial charge in [0.05, 0.1) is 18.7 Å². The number of benzene rings is 2. The fraction of sp³-hybridized carbons (Fsp3) is 0.500. The Kier molecular flexibility index (Phi) is 9.93. The summed E-state index contributed by atoms with van der Waals surface area (Å²) in [4.78, 5) is 44.9. The molecule has 41 heavy (non-hydrogen) atoms. The van der Waals surface area contributed by atoms with Crippen LogP contribution in [0, 0.1) is 11.6 Å². The number of amides is 4. The van der Waals surface area contributed by atoms with Crippen LogP contribution in [0.15, 0.2) is 48.5 Å². The second-order valence-electron chi connectivity index (χ2n) is 11.0. The molecular formula is C30H39F2N5O4. The molecule has 4 amide bonds. The molecule has 1 unspecified atom stereocenters. The molecule has 0 radical (unpaired) electrons. The van der Waals surface area contributed by atoms with Gasteiger partial charge in [-0.1, -0.05) is 37.3 Å². The normalized spacial score (nSPS) is 21.0. The number of nitrogens with one attached hydrogen (secondary N) is 2. The first-order chi connectivity index (χ1) is 19.6. The Hall–Kier alpha value is -3.57. The standard InChI is InChI=1S/C30H39F2N5O4/c1-4-11-36-18-25(37(19(2)3)30(36)41)28(39)34-24(15-21-13-22(31)16-23(32)14-21)27(38)26-29(40)35(12-10-33-26)17-20-8-6-5-7-9-20/h5-9,13-14,16,19,24-27,33,38H,4,10-12,15,17-18H2,1-3H3,(H,34,39)/t24-,25?,26-,27-/m0/s1. The number of nitrogens with zero attached hydrogens (tertiary/aromatic N) is 3. The molecule has 3 N–H and O–H groups in total. The summed E-state index contributed by atoms with van der Waals surface area (Å²) in [5.74, 6) is -2.42. The van der Waals surface area contributed by atoms with Crippen LogP contribution in [-0.2, 0) is 22.6 Å². The third-order valence-corrected chi connectivity index (χ3v) is 7.57. The van der Waals surface area contributed by atoms with Crippen LogP contribution in [0.5, 0.6) is 0 Å². The summed E-state index contributed by atoms with van der Waals surface area (Å²) in [5, 5.41) is 17.4. The van der Waals surface area contributed by atoms with Crippen molar-refractivity contribution in [3.8, 4) is 0 Å². The third kappa shape index (κ3) is 7.20. The molecule has 2 aromatic rings. The van der Waals surface area contributed by atoms with E-state index in [1.54, 1.807) is 9.80 Å². The Morgan fingerprint density at radius 2 is 1.76 bits per heavy atom. The minimum Gasteiger partial charge on any atom is -0.389 e. The molecule has 11 heteroatoms. The van der Waals surface area contributed by atoms with Crippen molar-refractivity contribution in [3.63, 3.8) is 0 Å². The van der Waals surface area contributed by atoms with Crippen molar-refractivity contribution in [1.82, 2.24) is 25.3 Å². The van der Waals surface area contributed by atoms with Gasteiger partial charge < -0.3 is 30.4 Å². The average Bonchev–Trinajstić information content (AvgIpc) is 3.25. The first-order valence-corrected chi connectivity index (χ1v) is 14.2. The number of rotatable bonds is 11. The summed E-state index contributed by atoms with van der Waals surface area (Å²) in [6, 6.07) is 9.03. The van der Waals surface area contributed by atoms with Crippen LogP contribution >= 0.6 is 0 Å². The van der Waals surface area contributed by atoms with E-state index in [1.165, 1.54) is 4.90 Å². The van der Waals surface area contributed by atoms with E-state index >= 15 is 0 Å². The maximum Gasteiger partial charge on any atom is 0.321 e. The Balaban J connectivity index is 1.58. The average molecular weight is 572 g/mol. The Morgan fingerprint density at radius 3 is 2.39 bits per heavy atom. The van der Waals surface area contributed by atoms with E-state index in [4.69, 9.17) is 0 Å². The maximum atomic E-state index is 14.0. The molecule has 4 rings (SSSR count). The molecule has 2 fully saturated rings. The molecule has 0 aromatic heterocycles. The molecule has 0 saturated carbocycles. The van der Waals surface area contributed by atoms with Crippen LogP contribution in [0.2, 0.25) is 0 Å². The highest BCUT2D eigenvalue weighted by Gasteiger charge is 2.44. The lowest BCUT2D eigenvalue weighted by molar-refractivity contribution is -0.141. The number of hydrogen-bond donors (Lipinski definition) is 3. The molecule has 2 saturated heterocycles. The van der Waals surface area contributed by atoms with Crippen LogP contribution in [0.25, 0.3) is 0 Å². The summed E-state index contributed by atoms with van der Waals surface area (Å²) in [5.41, 5.74) is 1.15. The molecule has 2 heterocycles. The van der Waals surface area contributed by atoms with Crippen molar-refractivity contribution in [2.75, 3.05) is 26.2 Å². The van der Waals surface area contributed by atoms with E-state index in [-0.39, 0.29) is 36.5 Å². The molecule has 4 atom stereocenters. The van der Waals surface area contributed by atoms with E-state index in [1.807, 2.05) is 51.1 Å². The number of hydrogen-bond acceptors (Lipinski definition) is 5. The number of aliphatic hydroxyl groups is 1. The van der Waals surface area contributed by atoms with Gasteiger partial charge in [-0.2, -0.15) is 0 Å². The summed E-state index contributed by atoms with van der Waals surface area (Å²) >= 11 is 0. The van der Waals surface area contributed by atoms with Crippen LogP contribution in [0.4, 0.5) is 13.6 Å². The molecule has 0 spiro atoms. The fourth-order valence-corrected chi connectivity index (χ4v) is 5.65. The van der Waals surface area contributed by atoms with Gasteiger partial charge in [-0.05, 0) is 49.9 Å². The fourth-order valence-electron chi connectivity index (χ4n) is 5.65. The zero-order valence-corrected chi connectivity index (χ0v) is 23.7. The van der Waals surface area contributed by atoms with Gasteiger partial charge in [0.1, 0.15) is 23.7 Å². The summed E-state index contributed by atoms with van der Waals surface area (Å²) in [7, 11) is 0. The largest absolute Gasteiger partial charge is 0.389 e. The Morgan fingerprint density at radius 1 is 1.07 bits per heavy atom. The monoisotopic (exact) mass is 571 g/mol. The molecule has 2 aliphatic heterocycles. The summed E-state index contributed by atoms with van der Waals surface area (Å²) in [6.45, 7) is 7.47. The zero-order valence-electron chi connectivity index (χ0n) is 23.7. The van der Waals surface area contributed by atoms with Gasteiger partial charge in [-0.15, -0.1) is 0 Å². The minimum absolute atomic E-state index is 0.132. The molecule has 222 valence electrons. The van der Waals surface area contributed by atoms with E-state index in [0.29, 0.717) is 26.2 Å². The van der Waals surface area contributed by atoms with E-state index < -0.39 is 41.8 Å². The smallest absolute Gasteiger partial charge is 0.321 e. The van der Waals surface area contributed by atoms with Gasteiger partial charge in [-0.25, -0.2) is 13.6 Å². The van der Waals surface area contributed by atoms with Crippen LogP contribution < -0.4 is 10.6 Å². The second-order valence-corrected chi connectivity index (χ2v) is 11.0. The molecule has 2 aliphatic rings. The topological polar surface area (TPSA) is 105 Å². The number of carbonyl (C=O) groups excluding carboxylic acids is 3. The Bertz CT molecular complexity index is 1210. The van der Waals surface area contributed by atoms with E-state index in [2.05, 4.69) is 10.6 Å². The van der Waals surface area contributed by atoms with Gasteiger partial charge in [-0.3, -0.25) is 9.59 Å². The van der Waals surface area contributed by atoms with Gasteiger partial charge in [0, 0.05) is 38.3 Å². The lowest BCUT2D eigenvalue weighted by atomic mass is 9.93. The van der Waals surface area contributed by atoms with Crippen molar-refractivity contribution >= 4 is 17.8 Å². The molecule has 0 aliphatic carbocycles. The Labute approximate surface area is 239 Å². The first kappa shape index (κ1) is 30.4. The second kappa shape index (κ2) is 13.4. The van der Waals surface area contributed by atoms with Crippen molar-refractivity contribution < 1.29 is 28.3 Å². The molecular weight excluding hydrogens is 532 g/mol. The van der Waals surface area contributed by atoms with Crippen LogP contribution in [-0.4, -0.2) is 94.1 Å². The van der Waals surface area contributed by atoms with Crippen LogP contribution in [0.3, 0.4) is 0 Å². The van der Waals surface area contributed by atoms with Crippen LogP contribution in [0.1, 0.15) is 38.3 Å². The van der Waals surface area contributed by atoms with E-state index in [9.17, 15) is 28.3 Å². The maximum absolute atomic E-state index is 14.0. The molecule has 9 nitrogen and oxygen atoms in total. The number of piperazine rings is 1. The number of carbonyl (C=O) groups is 3. The highest BCUT2D eigenvalue weighted by atomic mass is 19.1. The van der Waals surface area contributed by atoms with Gasteiger partial charge in [0.2, 0.25) is 11.8 Å². The van der Waals surface area contributed by atoms with Gasteiger partial charge in [0.15, 0.2) is 0 Å². The third-order valence-electron chi connectivity index (χ3n) is 7.57. The van der Waals surface area contributed by atoms with Crippen molar-refractivity contribution in [3.05, 3.63) is 71.3 Å². The van der Waals surface area contributed by atoms with Gasteiger partial charge in [0.25, 0.3) is 0 Å². The SMILES string of the molecule is CCCN1CC(C(=O)N[C@@H](Cc2cc(F)cc(F)c2)[C@H](O)[C@@H]2NCCN(Cc3ccccc3)C2=O)N(C(C)C)C1=O. The minimum atomic E-state index is -1.42. The van der Waals surface area contributed by atoms with Gasteiger partial charge >= 0.3 is 6.03 Å². The predicted octanol–water partition coefficient (Wildman–Crippen LogP) is 2.28. The molecule has 0 bridgehead atoms. The zero-order chi connectivity index (χ0) is 29.7. The molecule has 2 aromatic carbocycles. The first-order valence-electron chi connectivity index (χ1n) is 14.2. The van der Waals surface area contributed by atoms with E-state index in [0.717, 1.165) is 30.2 Å². The van der Waals surface area contributed by atoms with Crippen molar-refractivity contribution in [2.45, 2.75) is 70.4 Å². The highest BCUT2D eigenvalue weighted by Crippen LogP contribution is 2.22. The highest BCUT2D eigenvalue weighted by molar-refractivity contribution is 5.91. The quantitative estimate of drug-likeness (QED) is 0.384. The summed E-state index contributed by atoms with van der Waals surface area (Å²) < 4.78 is 28.1. The number of halogens is 2. The van der Waals surface area contributed by atoms with Crippen molar-refractivity contribution in [2.24, 2.45) is 0 Å². The lowest BCUT2D eigenvalue weighted by Crippen LogP contribution is -2.64. The number of aliphatic hydroxyl groups excluding tert-OH is 1. The number of urea groups is 1. The predicted molar refractivity (Wildman–Crippen MR) is 150 cm³/mol. The summed E-state index contributed by atoms with van der Waals surface area (Å²) in [6.07, 6.45) is -0.826. The lowest BCUT2D eigenvalue weighted by Gasteiger charge is -2.38. The van der Waals surface area contributed by atoms with Crippen molar-refractivity contribution in [1.29, 1.82) is 0 Å².